The maximum Gasteiger partial charge on any atom is 0.319 e. The van der Waals surface area contributed by atoms with Crippen LogP contribution in [0.1, 0.15) is 18.5 Å². The highest BCUT2D eigenvalue weighted by atomic mass is 16.5. The Morgan fingerprint density at radius 2 is 2.05 bits per heavy atom. The number of para-hydroxylation sites is 1. The minimum atomic E-state index is -0.542. The van der Waals surface area contributed by atoms with Gasteiger partial charge in [0, 0.05) is 18.3 Å². The first-order chi connectivity index (χ1) is 9.58. The predicted octanol–water partition coefficient (Wildman–Crippen LogP) is 1.07. The number of ether oxygens (including phenoxy) is 1. The summed E-state index contributed by atoms with van der Waals surface area (Å²) in [5.41, 5.74) is 1.74. The number of rotatable bonds is 3. The van der Waals surface area contributed by atoms with Crippen molar-refractivity contribution >= 4 is 11.9 Å². The standard InChI is InChI=1S/C14H17N3O3/c1-8-11(13(18)15-2)12(17-14(19)16-8)9-6-4-5-7-10(9)20-3/h4-7,12H,1-3H3,(H,15,18)(H2,16,17,19). The first-order valence-electron chi connectivity index (χ1n) is 6.21. The molecule has 0 fully saturated rings. The number of urea groups is 1. The zero-order valence-corrected chi connectivity index (χ0v) is 11.6. The maximum absolute atomic E-state index is 12.1. The number of likely N-dealkylation sites (N-methyl/N-ethyl adjacent to an activating group) is 1. The topological polar surface area (TPSA) is 79.5 Å². The SMILES string of the molecule is CNC(=O)C1=C(C)NC(=O)NC1c1ccccc1OC. The van der Waals surface area contributed by atoms with E-state index in [2.05, 4.69) is 16.0 Å². The van der Waals surface area contributed by atoms with Crippen LogP contribution in [-0.4, -0.2) is 26.1 Å². The van der Waals surface area contributed by atoms with Crippen LogP contribution < -0.4 is 20.7 Å². The second-order valence-electron chi connectivity index (χ2n) is 4.39. The van der Waals surface area contributed by atoms with E-state index in [0.717, 1.165) is 5.56 Å². The smallest absolute Gasteiger partial charge is 0.319 e. The molecule has 1 heterocycles. The molecule has 0 saturated heterocycles. The van der Waals surface area contributed by atoms with Crippen molar-refractivity contribution in [3.63, 3.8) is 0 Å². The molecule has 0 aliphatic carbocycles. The van der Waals surface area contributed by atoms with E-state index in [4.69, 9.17) is 4.74 Å². The lowest BCUT2D eigenvalue weighted by atomic mass is 9.94. The number of carbonyl (C=O) groups is 2. The summed E-state index contributed by atoms with van der Waals surface area (Å²) >= 11 is 0. The van der Waals surface area contributed by atoms with Crippen molar-refractivity contribution in [2.75, 3.05) is 14.2 Å². The van der Waals surface area contributed by atoms with Gasteiger partial charge in [0.15, 0.2) is 0 Å². The molecule has 106 valence electrons. The second-order valence-corrected chi connectivity index (χ2v) is 4.39. The van der Waals surface area contributed by atoms with Gasteiger partial charge in [0.25, 0.3) is 5.91 Å². The van der Waals surface area contributed by atoms with E-state index in [1.165, 1.54) is 0 Å². The van der Waals surface area contributed by atoms with E-state index < -0.39 is 6.04 Å². The first-order valence-corrected chi connectivity index (χ1v) is 6.21. The second kappa shape index (κ2) is 5.64. The summed E-state index contributed by atoms with van der Waals surface area (Å²) in [6, 6.07) is 6.40. The Kier molecular flexibility index (Phi) is 3.93. The molecule has 0 aromatic heterocycles. The van der Waals surface area contributed by atoms with Crippen LogP contribution in [0, 0.1) is 0 Å². The van der Waals surface area contributed by atoms with Gasteiger partial charge in [0.1, 0.15) is 5.75 Å². The van der Waals surface area contributed by atoms with Gasteiger partial charge >= 0.3 is 6.03 Å². The fourth-order valence-electron chi connectivity index (χ4n) is 2.27. The normalized spacial score (nSPS) is 18.1. The van der Waals surface area contributed by atoms with Gasteiger partial charge in [-0.2, -0.15) is 0 Å². The molecule has 0 spiro atoms. The summed E-state index contributed by atoms with van der Waals surface area (Å²) in [5, 5.41) is 7.95. The Balaban J connectivity index is 2.54. The summed E-state index contributed by atoms with van der Waals surface area (Å²) in [6.45, 7) is 1.70. The van der Waals surface area contributed by atoms with Gasteiger partial charge in [-0.25, -0.2) is 4.79 Å². The average molecular weight is 275 g/mol. The van der Waals surface area contributed by atoms with E-state index >= 15 is 0 Å². The van der Waals surface area contributed by atoms with Gasteiger partial charge in [0.2, 0.25) is 0 Å². The van der Waals surface area contributed by atoms with E-state index in [1.54, 1.807) is 27.1 Å². The van der Waals surface area contributed by atoms with Gasteiger partial charge in [0.05, 0.1) is 18.7 Å². The lowest BCUT2D eigenvalue weighted by Gasteiger charge is -2.29. The largest absolute Gasteiger partial charge is 0.496 e. The van der Waals surface area contributed by atoms with E-state index in [-0.39, 0.29) is 11.9 Å². The van der Waals surface area contributed by atoms with Gasteiger partial charge in [-0.3, -0.25) is 4.79 Å². The van der Waals surface area contributed by atoms with Crippen molar-refractivity contribution in [3.05, 3.63) is 41.1 Å². The molecule has 3 N–H and O–H groups in total. The third-order valence-electron chi connectivity index (χ3n) is 3.19. The number of nitrogens with one attached hydrogen (secondary N) is 3. The molecule has 0 saturated carbocycles. The Morgan fingerprint density at radius 1 is 1.35 bits per heavy atom. The summed E-state index contributed by atoms with van der Waals surface area (Å²) in [6.07, 6.45) is 0. The van der Waals surface area contributed by atoms with Crippen molar-refractivity contribution in [1.82, 2.24) is 16.0 Å². The van der Waals surface area contributed by atoms with Crippen molar-refractivity contribution in [2.45, 2.75) is 13.0 Å². The Morgan fingerprint density at radius 3 is 2.70 bits per heavy atom. The molecule has 1 atom stereocenters. The highest BCUT2D eigenvalue weighted by Gasteiger charge is 2.32. The number of methoxy groups -OCH3 is 1. The lowest BCUT2D eigenvalue weighted by molar-refractivity contribution is -0.117. The molecular weight excluding hydrogens is 258 g/mol. The van der Waals surface area contributed by atoms with Gasteiger partial charge in [-0.05, 0) is 13.0 Å². The maximum atomic E-state index is 12.1. The summed E-state index contributed by atoms with van der Waals surface area (Å²) in [7, 11) is 3.11. The number of hydrogen-bond acceptors (Lipinski definition) is 3. The minimum Gasteiger partial charge on any atom is -0.496 e. The van der Waals surface area contributed by atoms with Crippen LogP contribution in [0.5, 0.6) is 5.75 Å². The van der Waals surface area contributed by atoms with Crippen LogP contribution in [0.25, 0.3) is 0 Å². The minimum absolute atomic E-state index is 0.245. The third-order valence-corrected chi connectivity index (χ3v) is 3.19. The van der Waals surface area contributed by atoms with Crippen molar-refractivity contribution in [2.24, 2.45) is 0 Å². The molecule has 20 heavy (non-hydrogen) atoms. The van der Waals surface area contributed by atoms with E-state index in [9.17, 15) is 9.59 Å². The molecule has 6 nitrogen and oxygen atoms in total. The fourth-order valence-corrected chi connectivity index (χ4v) is 2.27. The highest BCUT2D eigenvalue weighted by Crippen LogP contribution is 2.32. The van der Waals surface area contributed by atoms with E-state index in [0.29, 0.717) is 17.0 Å². The summed E-state index contributed by atoms with van der Waals surface area (Å²) < 4.78 is 5.30. The number of carbonyl (C=O) groups excluding carboxylic acids is 2. The summed E-state index contributed by atoms with van der Waals surface area (Å²) in [4.78, 5) is 23.8. The molecule has 1 aromatic rings. The average Bonchev–Trinajstić information content (AvgIpc) is 2.45. The molecular formula is C14H17N3O3. The monoisotopic (exact) mass is 275 g/mol. The number of amides is 3. The quantitative estimate of drug-likeness (QED) is 0.772. The Bertz CT molecular complexity index is 581. The van der Waals surface area contributed by atoms with Crippen molar-refractivity contribution in [1.29, 1.82) is 0 Å². The lowest BCUT2D eigenvalue weighted by Crippen LogP contribution is -2.46. The van der Waals surface area contributed by atoms with Crippen LogP contribution in [-0.2, 0) is 4.79 Å². The number of allylic oxidation sites excluding steroid dienone is 1. The third kappa shape index (κ3) is 2.45. The van der Waals surface area contributed by atoms with Crippen LogP contribution in [0.2, 0.25) is 0 Å². The van der Waals surface area contributed by atoms with Crippen LogP contribution >= 0.6 is 0 Å². The van der Waals surface area contributed by atoms with Crippen LogP contribution in [0.4, 0.5) is 4.79 Å². The highest BCUT2D eigenvalue weighted by molar-refractivity contribution is 5.98. The number of benzene rings is 1. The summed E-state index contributed by atoms with van der Waals surface area (Å²) in [5.74, 6) is 0.375. The first kappa shape index (κ1) is 13.9. The van der Waals surface area contributed by atoms with Crippen LogP contribution in [0.3, 0.4) is 0 Å². The molecule has 0 bridgehead atoms. The van der Waals surface area contributed by atoms with Crippen molar-refractivity contribution < 1.29 is 14.3 Å². The molecule has 1 unspecified atom stereocenters. The molecule has 0 radical (unpaired) electrons. The molecule has 6 heteroatoms. The van der Waals surface area contributed by atoms with Crippen molar-refractivity contribution in [3.8, 4) is 5.75 Å². The van der Waals surface area contributed by atoms with Crippen LogP contribution in [0.15, 0.2) is 35.5 Å². The molecule has 1 aromatic carbocycles. The zero-order chi connectivity index (χ0) is 14.7. The fraction of sp³-hybridized carbons (Fsp3) is 0.286. The van der Waals surface area contributed by atoms with Gasteiger partial charge in [-0.1, -0.05) is 18.2 Å². The number of hydrogen-bond donors (Lipinski definition) is 3. The predicted molar refractivity (Wildman–Crippen MR) is 74.2 cm³/mol. The Labute approximate surface area is 117 Å². The zero-order valence-electron chi connectivity index (χ0n) is 11.6. The van der Waals surface area contributed by atoms with Gasteiger partial charge in [-0.15, -0.1) is 0 Å². The van der Waals surface area contributed by atoms with Gasteiger partial charge < -0.3 is 20.7 Å². The molecule has 3 amide bonds. The van der Waals surface area contributed by atoms with E-state index in [1.807, 2.05) is 18.2 Å². The molecule has 1 aliphatic rings. The molecule has 2 rings (SSSR count). The molecule has 1 aliphatic heterocycles. The Hall–Kier alpha value is -2.50.